The summed E-state index contributed by atoms with van der Waals surface area (Å²) < 4.78 is 0. The lowest BCUT2D eigenvalue weighted by Gasteiger charge is -2.15. The second-order valence-corrected chi connectivity index (χ2v) is 6.41. The third-order valence-electron chi connectivity index (χ3n) is 3.95. The van der Waals surface area contributed by atoms with Crippen molar-refractivity contribution in [3.63, 3.8) is 0 Å². The zero-order valence-electron chi connectivity index (χ0n) is 12.7. The van der Waals surface area contributed by atoms with Crippen molar-refractivity contribution in [3.05, 3.63) is 69.8 Å². The molecule has 6 heteroatoms. The fourth-order valence-corrected chi connectivity index (χ4v) is 3.14. The van der Waals surface area contributed by atoms with Crippen LogP contribution in [0.15, 0.2) is 48.7 Å². The van der Waals surface area contributed by atoms with Crippen molar-refractivity contribution in [1.29, 1.82) is 0 Å². The number of halogens is 2. The maximum Gasteiger partial charge on any atom is 0.321 e. The second kappa shape index (κ2) is 7.26. The molecule has 3 aromatic rings. The highest BCUT2D eigenvalue weighted by Gasteiger charge is 2.19. The van der Waals surface area contributed by atoms with E-state index < -0.39 is 12.0 Å². The molecule has 1 heterocycles. The van der Waals surface area contributed by atoms with Gasteiger partial charge in [-0.2, -0.15) is 0 Å². The standard InChI is InChI=1S/C18H16Cl2N2O2/c19-13-6-5-11(15(20)8-13)9-22-17(18(23)24)7-12-10-21-16-4-2-1-3-14(12)16/h1-6,8,10,17,21-22H,7,9H2,(H,23,24). The molecule has 1 unspecified atom stereocenters. The van der Waals surface area contributed by atoms with Gasteiger partial charge in [-0.3, -0.25) is 10.1 Å². The first-order chi connectivity index (χ1) is 11.5. The predicted molar refractivity (Wildman–Crippen MR) is 96.7 cm³/mol. The number of H-pyrrole nitrogens is 1. The molecule has 0 bridgehead atoms. The van der Waals surface area contributed by atoms with Crippen molar-refractivity contribution >= 4 is 40.1 Å². The largest absolute Gasteiger partial charge is 0.480 e. The first-order valence-electron chi connectivity index (χ1n) is 7.49. The Hall–Kier alpha value is -2.01. The number of carboxylic acids is 1. The van der Waals surface area contributed by atoms with E-state index in [2.05, 4.69) is 10.3 Å². The molecule has 0 saturated heterocycles. The van der Waals surface area contributed by atoms with E-state index >= 15 is 0 Å². The van der Waals surface area contributed by atoms with E-state index in [4.69, 9.17) is 23.2 Å². The van der Waals surface area contributed by atoms with Gasteiger partial charge in [-0.05, 0) is 29.3 Å². The monoisotopic (exact) mass is 362 g/mol. The van der Waals surface area contributed by atoms with Crippen molar-refractivity contribution in [2.24, 2.45) is 0 Å². The van der Waals surface area contributed by atoms with E-state index in [-0.39, 0.29) is 0 Å². The van der Waals surface area contributed by atoms with Crippen LogP contribution >= 0.6 is 23.2 Å². The van der Waals surface area contributed by atoms with Gasteiger partial charge in [0.25, 0.3) is 0 Å². The van der Waals surface area contributed by atoms with Crippen LogP contribution in [0.3, 0.4) is 0 Å². The van der Waals surface area contributed by atoms with Gasteiger partial charge < -0.3 is 10.1 Å². The Balaban J connectivity index is 1.74. The molecule has 4 nitrogen and oxygen atoms in total. The first-order valence-corrected chi connectivity index (χ1v) is 8.25. The van der Waals surface area contributed by atoms with Crippen molar-refractivity contribution in [2.75, 3.05) is 0 Å². The number of nitrogens with one attached hydrogen (secondary N) is 2. The molecule has 1 atom stereocenters. The molecule has 0 aliphatic heterocycles. The molecule has 0 amide bonds. The summed E-state index contributed by atoms with van der Waals surface area (Å²) in [5.74, 6) is -0.898. The van der Waals surface area contributed by atoms with E-state index in [9.17, 15) is 9.90 Å². The Morgan fingerprint density at radius 3 is 2.71 bits per heavy atom. The molecule has 124 valence electrons. The van der Waals surface area contributed by atoms with Crippen molar-refractivity contribution in [3.8, 4) is 0 Å². The second-order valence-electron chi connectivity index (χ2n) is 5.57. The van der Waals surface area contributed by atoms with Crippen molar-refractivity contribution in [1.82, 2.24) is 10.3 Å². The van der Waals surface area contributed by atoms with Gasteiger partial charge >= 0.3 is 5.97 Å². The van der Waals surface area contributed by atoms with Gasteiger partial charge in [0.2, 0.25) is 0 Å². The van der Waals surface area contributed by atoms with Gasteiger partial charge in [0.15, 0.2) is 0 Å². The van der Waals surface area contributed by atoms with Crippen LogP contribution in [0.4, 0.5) is 0 Å². The molecule has 0 aliphatic carbocycles. The number of rotatable bonds is 6. The van der Waals surface area contributed by atoms with Gasteiger partial charge in [-0.15, -0.1) is 0 Å². The van der Waals surface area contributed by atoms with Crippen LogP contribution in [-0.2, 0) is 17.8 Å². The van der Waals surface area contributed by atoms with Crippen LogP contribution in [0.1, 0.15) is 11.1 Å². The number of hydrogen-bond donors (Lipinski definition) is 3. The van der Waals surface area contributed by atoms with E-state index in [1.807, 2.05) is 30.5 Å². The summed E-state index contributed by atoms with van der Waals surface area (Å²) in [7, 11) is 0. The summed E-state index contributed by atoms with van der Waals surface area (Å²) in [6.45, 7) is 0.356. The minimum Gasteiger partial charge on any atom is -0.480 e. The third kappa shape index (κ3) is 3.73. The molecule has 0 radical (unpaired) electrons. The van der Waals surface area contributed by atoms with E-state index in [0.29, 0.717) is 23.0 Å². The van der Waals surface area contributed by atoms with Crippen LogP contribution in [-0.4, -0.2) is 22.1 Å². The minimum absolute atomic E-state index is 0.356. The number of aliphatic carboxylic acids is 1. The smallest absolute Gasteiger partial charge is 0.321 e. The summed E-state index contributed by atoms with van der Waals surface area (Å²) in [5, 5.41) is 14.7. The quantitative estimate of drug-likeness (QED) is 0.613. The fraction of sp³-hybridized carbons (Fsp3) is 0.167. The zero-order chi connectivity index (χ0) is 17.1. The van der Waals surface area contributed by atoms with Crippen LogP contribution < -0.4 is 5.32 Å². The highest BCUT2D eigenvalue weighted by Crippen LogP contribution is 2.22. The summed E-state index contributed by atoms with van der Waals surface area (Å²) in [4.78, 5) is 14.8. The van der Waals surface area contributed by atoms with E-state index in [0.717, 1.165) is 22.0 Å². The van der Waals surface area contributed by atoms with Crippen molar-refractivity contribution in [2.45, 2.75) is 19.0 Å². The van der Waals surface area contributed by atoms with Gasteiger partial charge in [-0.25, -0.2) is 0 Å². The first kappa shape index (κ1) is 16.8. The van der Waals surface area contributed by atoms with Gasteiger partial charge in [0, 0.05) is 40.1 Å². The Kier molecular flexibility index (Phi) is 5.09. The third-order valence-corrected chi connectivity index (χ3v) is 4.54. The summed E-state index contributed by atoms with van der Waals surface area (Å²) in [6.07, 6.45) is 2.24. The Morgan fingerprint density at radius 2 is 1.96 bits per heavy atom. The van der Waals surface area contributed by atoms with Gasteiger partial charge in [0.1, 0.15) is 6.04 Å². The summed E-state index contributed by atoms with van der Waals surface area (Å²) in [6, 6.07) is 12.3. The molecule has 0 aliphatic rings. The molecular formula is C18H16Cl2N2O2. The molecule has 0 spiro atoms. The zero-order valence-corrected chi connectivity index (χ0v) is 14.2. The summed E-state index contributed by atoms with van der Waals surface area (Å²) in [5.41, 5.74) is 2.77. The molecule has 24 heavy (non-hydrogen) atoms. The molecular weight excluding hydrogens is 347 g/mol. The van der Waals surface area contributed by atoms with Gasteiger partial charge in [-0.1, -0.05) is 47.5 Å². The lowest BCUT2D eigenvalue weighted by atomic mass is 10.0. The maximum atomic E-state index is 11.6. The molecule has 1 aromatic heterocycles. The predicted octanol–water partition coefficient (Wildman–Crippen LogP) is 4.26. The lowest BCUT2D eigenvalue weighted by Crippen LogP contribution is -2.38. The van der Waals surface area contributed by atoms with E-state index in [1.165, 1.54) is 0 Å². The average Bonchev–Trinajstić information content (AvgIpc) is 2.95. The van der Waals surface area contributed by atoms with Crippen LogP contribution in [0, 0.1) is 0 Å². The number of carboxylic acid groups (broad SMARTS) is 1. The van der Waals surface area contributed by atoms with Crippen LogP contribution in [0.5, 0.6) is 0 Å². The molecule has 3 rings (SSSR count). The lowest BCUT2D eigenvalue weighted by molar-refractivity contribution is -0.139. The Morgan fingerprint density at radius 1 is 1.17 bits per heavy atom. The van der Waals surface area contributed by atoms with Crippen molar-refractivity contribution < 1.29 is 9.90 Å². The summed E-state index contributed by atoms with van der Waals surface area (Å²) >= 11 is 12.0. The number of aromatic nitrogens is 1. The Bertz CT molecular complexity index is 876. The SMILES string of the molecule is O=C(O)C(Cc1c[nH]c2ccccc12)NCc1ccc(Cl)cc1Cl. The number of hydrogen-bond acceptors (Lipinski definition) is 2. The number of fused-ring (bicyclic) bond motifs is 1. The highest BCUT2D eigenvalue weighted by atomic mass is 35.5. The van der Waals surface area contributed by atoms with Crippen LogP contribution in [0.2, 0.25) is 10.0 Å². The minimum atomic E-state index is -0.898. The molecule has 2 aromatic carbocycles. The molecule has 0 saturated carbocycles. The average molecular weight is 363 g/mol. The van der Waals surface area contributed by atoms with Crippen LogP contribution in [0.25, 0.3) is 10.9 Å². The number of aromatic amines is 1. The number of para-hydroxylation sites is 1. The topological polar surface area (TPSA) is 65.1 Å². The number of benzene rings is 2. The van der Waals surface area contributed by atoms with Gasteiger partial charge in [0.05, 0.1) is 0 Å². The Labute approximate surface area is 149 Å². The maximum absolute atomic E-state index is 11.6. The normalized spacial score (nSPS) is 12.4. The van der Waals surface area contributed by atoms with E-state index in [1.54, 1.807) is 18.2 Å². The molecule has 0 fully saturated rings. The molecule has 3 N–H and O–H groups in total. The fourth-order valence-electron chi connectivity index (χ4n) is 2.67. The highest BCUT2D eigenvalue weighted by molar-refractivity contribution is 6.35. The number of carbonyl (C=O) groups is 1.